The highest BCUT2D eigenvalue weighted by Gasteiger charge is 2.07. The molecule has 0 atom stereocenters. The summed E-state index contributed by atoms with van der Waals surface area (Å²) >= 11 is 3.53. The second-order valence-corrected chi connectivity index (χ2v) is 4.37. The summed E-state index contributed by atoms with van der Waals surface area (Å²) in [5.74, 6) is 0. The van der Waals surface area contributed by atoms with Gasteiger partial charge in [0, 0.05) is 16.6 Å². The van der Waals surface area contributed by atoms with Gasteiger partial charge in [-0.2, -0.15) is 0 Å². The van der Waals surface area contributed by atoms with Crippen LogP contribution in [-0.4, -0.2) is 0 Å². The van der Waals surface area contributed by atoms with Crippen LogP contribution in [0.4, 0.5) is 0 Å². The Morgan fingerprint density at radius 2 is 1.87 bits per heavy atom. The summed E-state index contributed by atoms with van der Waals surface area (Å²) in [4.78, 5) is 0. The van der Waals surface area contributed by atoms with E-state index in [9.17, 15) is 0 Å². The Morgan fingerprint density at radius 1 is 1.13 bits per heavy atom. The van der Waals surface area contributed by atoms with E-state index in [-0.39, 0.29) is 0 Å². The van der Waals surface area contributed by atoms with Crippen molar-refractivity contribution in [3.05, 3.63) is 63.8 Å². The molecule has 0 saturated carbocycles. The van der Waals surface area contributed by atoms with Crippen molar-refractivity contribution in [3.8, 4) is 0 Å². The molecule has 0 unspecified atom stereocenters. The topological polar surface area (TPSA) is 26.0 Å². The van der Waals surface area contributed by atoms with Gasteiger partial charge < -0.3 is 5.73 Å². The van der Waals surface area contributed by atoms with Gasteiger partial charge in [-0.05, 0) is 23.3 Å². The van der Waals surface area contributed by atoms with Gasteiger partial charge in [-0.1, -0.05) is 52.3 Å². The summed E-state index contributed by atoms with van der Waals surface area (Å²) < 4.78 is 1.11. The molecule has 2 rings (SSSR count). The molecule has 0 saturated heterocycles. The maximum Gasteiger partial charge on any atom is 0.0212 e. The summed E-state index contributed by atoms with van der Waals surface area (Å²) in [6.07, 6.45) is 6.90. The Bertz CT molecular complexity index is 441. The highest BCUT2D eigenvalue weighted by Crippen LogP contribution is 2.28. The van der Waals surface area contributed by atoms with Gasteiger partial charge in [-0.15, -0.1) is 0 Å². The molecule has 0 bridgehead atoms. The van der Waals surface area contributed by atoms with Crippen molar-refractivity contribution >= 4 is 22.0 Å². The van der Waals surface area contributed by atoms with Crippen molar-refractivity contribution in [2.24, 2.45) is 5.73 Å². The smallest absolute Gasteiger partial charge is 0.0212 e. The van der Waals surface area contributed by atoms with Crippen LogP contribution in [0.15, 0.2) is 58.2 Å². The first-order chi connectivity index (χ1) is 7.25. The molecule has 1 nitrogen and oxygen atoms in total. The Kier molecular flexibility index (Phi) is 3.07. The van der Waals surface area contributed by atoms with Crippen molar-refractivity contribution in [1.82, 2.24) is 0 Å². The lowest BCUT2D eigenvalue weighted by Crippen LogP contribution is -2.02. The molecule has 2 heteroatoms. The van der Waals surface area contributed by atoms with Gasteiger partial charge in [-0.3, -0.25) is 0 Å². The highest BCUT2D eigenvalue weighted by atomic mass is 79.9. The van der Waals surface area contributed by atoms with E-state index in [1.165, 1.54) is 11.1 Å². The van der Waals surface area contributed by atoms with Crippen molar-refractivity contribution in [1.29, 1.82) is 0 Å². The molecule has 0 fully saturated rings. The average molecular weight is 262 g/mol. The van der Waals surface area contributed by atoms with Gasteiger partial charge in [0.15, 0.2) is 0 Å². The molecule has 1 aromatic rings. The summed E-state index contributed by atoms with van der Waals surface area (Å²) in [5.41, 5.74) is 9.12. The fourth-order valence-corrected chi connectivity index (χ4v) is 1.91. The number of hydrogen-bond donors (Lipinski definition) is 1. The van der Waals surface area contributed by atoms with Crippen LogP contribution in [0.5, 0.6) is 0 Å². The van der Waals surface area contributed by atoms with E-state index in [0.717, 1.165) is 16.6 Å². The van der Waals surface area contributed by atoms with Crippen LogP contribution >= 0.6 is 15.9 Å². The van der Waals surface area contributed by atoms with Crippen molar-refractivity contribution in [3.63, 3.8) is 0 Å². The van der Waals surface area contributed by atoms with Crippen LogP contribution in [0.3, 0.4) is 0 Å². The Morgan fingerprint density at radius 3 is 2.60 bits per heavy atom. The Labute approximate surface area is 98.1 Å². The summed E-state index contributed by atoms with van der Waals surface area (Å²) in [7, 11) is 0. The first-order valence-corrected chi connectivity index (χ1v) is 5.63. The molecule has 15 heavy (non-hydrogen) atoms. The zero-order valence-corrected chi connectivity index (χ0v) is 9.87. The molecule has 0 amide bonds. The molecule has 76 valence electrons. The summed E-state index contributed by atoms with van der Waals surface area (Å²) in [5, 5.41) is 0. The number of nitrogens with two attached hydrogens (primary N) is 1. The molecule has 1 aliphatic rings. The van der Waals surface area contributed by atoms with Gasteiger partial charge in [0.1, 0.15) is 0 Å². The number of allylic oxidation sites excluding steroid dienone is 4. The largest absolute Gasteiger partial charge is 0.402 e. The third kappa shape index (κ3) is 2.60. The van der Waals surface area contributed by atoms with Crippen molar-refractivity contribution < 1.29 is 0 Å². The first-order valence-electron chi connectivity index (χ1n) is 4.83. The van der Waals surface area contributed by atoms with Crippen LogP contribution in [0.2, 0.25) is 0 Å². The molecule has 1 aromatic carbocycles. The molecule has 0 aromatic heterocycles. The Balaban J connectivity index is 2.30. The highest BCUT2D eigenvalue weighted by molar-refractivity contribution is 9.12. The maximum atomic E-state index is 5.80. The second-order valence-electron chi connectivity index (χ2n) is 3.51. The Hall–Kier alpha value is -1.28. The lowest BCUT2D eigenvalue weighted by atomic mass is 10.0. The number of halogens is 1. The lowest BCUT2D eigenvalue weighted by Gasteiger charge is -2.11. The van der Waals surface area contributed by atoms with E-state index in [0.29, 0.717) is 0 Å². The lowest BCUT2D eigenvalue weighted by molar-refractivity contribution is 1.10. The molecular weight excluding hydrogens is 250 g/mol. The molecule has 1 aliphatic carbocycles. The third-order valence-electron chi connectivity index (χ3n) is 2.29. The van der Waals surface area contributed by atoms with E-state index >= 15 is 0 Å². The van der Waals surface area contributed by atoms with Crippen LogP contribution in [0.25, 0.3) is 6.08 Å². The maximum absolute atomic E-state index is 5.80. The van der Waals surface area contributed by atoms with Crippen LogP contribution in [0.1, 0.15) is 12.0 Å². The monoisotopic (exact) mass is 261 g/mol. The minimum absolute atomic E-state index is 0.811. The van der Waals surface area contributed by atoms with Crippen LogP contribution in [0, 0.1) is 0 Å². The summed E-state index contributed by atoms with van der Waals surface area (Å²) in [6, 6.07) is 10.3. The van der Waals surface area contributed by atoms with Gasteiger partial charge in [0.2, 0.25) is 0 Å². The molecule has 0 aliphatic heterocycles. The normalized spacial score (nSPS) is 18.6. The zero-order chi connectivity index (χ0) is 10.7. The van der Waals surface area contributed by atoms with Crippen molar-refractivity contribution in [2.75, 3.05) is 0 Å². The SMILES string of the molecule is NC1=CC=C(Br)C(=Cc2ccccc2)C1. The summed E-state index contributed by atoms with van der Waals surface area (Å²) in [6.45, 7) is 0. The molecule has 2 N–H and O–H groups in total. The van der Waals surface area contributed by atoms with E-state index in [1.807, 2.05) is 30.4 Å². The fourth-order valence-electron chi connectivity index (χ4n) is 1.52. The molecular formula is C13H12BrN. The van der Waals surface area contributed by atoms with Gasteiger partial charge in [0.05, 0.1) is 0 Å². The van der Waals surface area contributed by atoms with E-state index < -0.39 is 0 Å². The molecule has 0 radical (unpaired) electrons. The predicted molar refractivity (Wildman–Crippen MR) is 68.3 cm³/mol. The zero-order valence-electron chi connectivity index (χ0n) is 8.28. The van der Waals surface area contributed by atoms with Gasteiger partial charge in [0.25, 0.3) is 0 Å². The quantitative estimate of drug-likeness (QED) is 0.822. The number of rotatable bonds is 1. The van der Waals surface area contributed by atoms with E-state index in [4.69, 9.17) is 5.73 Å². The van der Waals surface area contributed by atoms with Crippen LogP contribution < -0.4 is 5.73 Å². The fraction of sp³-hybridized carbons (Fsp3) is 0.0769. The first kappa shape index (κ1) is 10.2. The van der Waals surface area contributed by atoms with E-state index in [2.05, 4.69) is 34.1 Å². The second kappa shape index (κ2) is 4.49. The van der Waals surface area contributed by atoms with Gasteiger partial charge in [-0.25, -0.2) is 0 Å². The van der Waals surface area contributed by atoms with Crippen LogP contribution in [-0.2, 0) is 0 Å². The number of benzene rings is 1. The average Bonchev–Trinajstić information content (AvgIpc) is 2.25. The molecule has 0 spiro atoms. The van der Waals surface area contributed by atoms with E-state index in [1.54, 1.807) is 0 Å². The van der Waals surface area contributed by atoms with Gasteiger partial charge >= 0.3 is 0 Å². The minimum atomic E-state index is 0.811. The predicted octanol–water partition coefficient (Wildman–Crippen LogP) is 3.60. The number of hydrogen-bond acceptors (Lipinski definition) is 1. The van der Waals surface area contributed by atoms with Crippen molar-refractivity contribution in [2.45, 2.75) is 6.42 Å². The standard InChI is InChI=1S/C13H12BrN/c14-13-7-6-12(15)9-11(13)8-10-4-2-1-3-5-10/h1-8H,9,15H2. The molecule has 0 heterocycles. The minimum Gasteiger partial charge on any atom is -0.402 e. The third-order valence-corrected chi connectivity index (χ3v) is 3.06.